The molecule has 0 aliphatic carbocycles. The van der Waals surface area contributed by atoms with Crippen molar-refractivity contribution < 1.29 is 4.79 Å². The van der Waals surface area contributed by atoms with Crippen molar-refractivity contribution in [3.63, 3.8) is 0 Å². The fraction of sp³-hybridized carbons (Fsp3) is 0.182. The summed E-state index contributed by atoms with van der Waals surface area (Å²) in [7, 11) is 0. The Labute approximate surface area is 162 Å². The summed E-state index contributed by atoms with van der Waals surface area (Å²) in [6.45, 7) is 5.71. The minimum atomic E-state index is -0.331. The molecule has 4 rings (SSSR count). The first kappa shape index (κ1) is 17.9. The third kappa shape index (κ3) is 3.03. The smallest absolute Gasteiger partial charge is 0.292 e. The van der Waals surface area contributed by atoms with Crippen LogP contribution in [0.4, 0.5) is 0 Å². The van der Waals surface area contributed by atoms with Gasteiger partial charge in [0.05, 0.1) is 17.6 Å². The van der Waals surface area contributed by atoms with Gasteiger partial charge in [0.25, 0.3) is 5.56 Å². The van der Waals surface area contributed by atoms with Crippen LogP contribution >= 0.6 is 0 Å². The highest BCUT2D eigenvalue weighted by atomic mass is 16.1. The van der Waals surface area contributed by atoms with E-state index in [9.17, 15) is 9.59 Å². The van der Waals surface area contributed by atoms with Gasteiger partial charge >= 0.3 is 0 Å². The largest absolute Gasteiger partial charge is 0.293 e. The standard InChI is InChI=1S/C22H20N4O2/c1-14-9-10-19(15(2)11-14)26-21-18(12-23-26)16(3)24-25(22(21)28)13-20(27)17-7-5-4-6-8-17/h4-12H,13H2,1-3H3. The zero-order valence-corrected chi connectivity index (χ0v) is 16.0. The molecular weight excluding hydrogens is 352 g/mol. The Hall–Kier alpha value is -3.54. The van der Waals surface area contributed by atoms with Gasteiger partial charge in [0.15, 0.2) is 5.78 Å². The van der Waals surface area contributed by atoms with Gasteiger partial charge in [0.1, 0.15) is 12.1 Å². The number of hydrogen-bond acceptors (Lipinski definition) is 4. The molecule has 0 bridgehead atoms. The van der Waals surface area contributed by atoms with Gasteiger partial charge in [-0.25, -0.2) is 9.36 Å². The van der Waals surface area contributed by atoms with E-state index in [2.05, 4.69) is 10.2 Å². The monoisotopic (exact) mass is 372 g/mol. The predicted molar refractivity (Wildman–Crippen MR) is 108 cm³/mol. The molecule has 0 unspecified atom stereocenters. The number of nitrogens with zero attached hydrogens (tertiary/aromatic N) is 4. The third-order valence-electron chi connectivity index (χ3n) is 4.84. The van der Waals surface area contributed by atoms with Gasteiger partial charge in [-0.15, -0.1) is 0 Å². The van der Waals surface area contributed by atoms with E-state index in [0.29, 0.717) is 22.2 Å². The first-order valence-corrected chi connectivity index (χ1v) is 9.07. The van der Waals surface area contributed by atoms with E-state index in [4.69, 9.17) is 0 Å². The number of benzene rings is 2. The van der Waals surface area contributed by atoms with E-state index < -0.39 is 0 Å². The molecule has 0 aliphatic rings. The van der Waals surface area contributed by atoms with Crippen LogP contribution < -0.4 is 5.56 Å². The van der Waals surface area contributed by atoms with Crippen molar-refractivity contribution in [2.24, 2.45) is 0 Å². The average Bonchev–Trinajstić information content (AvgIpc) is 3.12. The molecule has 28 heavy (non-hydrogen) atoms. The molecule has 6 nitrogen and oxygen atoms in total. The zero-order chi connectivity index (χ0) is 19.8. The van der Waals surface area contributed by atoms with Gasteiger partial charge in [-0.05, 0) is 32.4 Å². The molecule has 6 heteroatoms. The van der Waals surface area contributed by atoms with Crippen LogP contribution in [0.1, 0.15) is 27.2 Å². The zero-order valence-electron chi connectivity index (χ0n) is 16.0. The minimum absolute atomic E-state index is 0.113. The third-order valence-corrected chi connectivity index (χ3v) is 4.84. The second kappa shape index (κ2) is 6.88. The lowest BCUT2D eigenvalue weighted by atomic mass is 10.1. The molecule has 0 spiro atoms. The van der Waals surface area contributed by atoms with Crippen LogP contribution in [0, 0.1) is 20.8 Å². The Bertz CT molecular complexity index is 1250. The SMILES string of the molecule is Cc1ccc(-n2ncc3c(C)nn(CC(=O)c4ccccc4)c(=O)c32)c(C)c1. The van der Waals surface area contributed by atoms with Crippen LogP contribution in [-0.4, -0.2) is 25.3 Å². The molecule has 0 atom stereocenters. The molecule has 2 aromatic carbocycles. The highest BCUT2D eigenvalue weighted by Crippen LogP contribution is 2.20. The van der Waals surface area contributed by atoms with Gasteiger partial charge in [-0.3, -0.25) is 9.59 Å². The molecule has 0 saturated heterocycles. The highest BCUT2D eigenvalue weighted by molar-refractivity contribution is 5.96. The second-order valence-corrected chi connectivity index (χ2v) is 6.95. The number of hydrogen-bond donors (Lipinski definition) is 0. The number of carbonyl (C=O) groups excluding carboxylic acids is 1. The fourth-order valence-electron chi connectivity index (χ4n) is 3.41. The van der Waals surface area contributed by atoms with E-state index in [1.807, 2.05) is 45.0 Å². The lowest BCUT2D eigenvalue weighted by Crippen LogP contribution is -2.28. The van der Waals surface area contributed by atoms with Crippen molar-refractivity contribution in [2.45, 2.75) is 27.3 Å². The Morgan fingerprint density at radius 3 is 2.50 bits per heavy atom. The lowest BCUT2D eigenvalue weighted by Gasteiger charge is -2.10. The van der Waals surface area contributed by atoms with Crippen LogP contribution in [0.2, 0.25) is 0 Å². The number of rotatable bonds is 4. The van der Waals surface area contributed by atoms with Gasteiger partial charge in [-0.2, -0.15) is 10.2 Å². The quantitative estimate of drug-likeness (QED) is 0.515. The molecule has 0 N–H and O–H groups in total. The van der Waals surface area contributed by atoms with E-state index in [1.165, 1.54) is 4.68 Å². The van der Waals surface area contributed by atoms with Crippen LogP contribution in [-0.2, 0) is 6.54 Å². The van der Waals surface area contributed by atoms with Gasteiger partial charge in [-0.1, -0.05) is 48.0 Å². The summed E-state index contributed by atoms with van der Waals surface area (Å²) in [5.74, 6) is -0.161. The first-order chi connectivity index (χ1) is 13.5. The van der Waals surface area contributed by atoms with Gasteiger partial charge in [0, 0.05) is 10.9 Å². The Kier molecular flexibility index (Phi) is 4.39. The van der Waals surface area contributed by atoms with Crippen molar-refractivity contribution >= 4 is 16.7 Å². The topological polar surface area (TPSA) is 69.8 Å². The molecular formula is C22H20N4O2. The number of aryl methyl sites for hydroxylation is 3. The van der Waals surface area contributed by atoms with E-state index in [1.54, 1.807) is 35.1 Å². The van der Waals surface area contributed by atoms with Crippen LogP contribution in [0.5, 0.6) is 0 Å². The summed E-state index contributed by atoms with van der Waals surface area (Å²) < 4.78 is 2.87. The summed E-state index contributed by atoms with van der Waals surface area (Å²) in [5, 5.41) is 9.46. The molecule has 140 valence electrons. The number of fused-ring (bicyclic) bond motifs is 1. The van der Waals surface area contributed by atoms with E-state index in [0.717, 1.165) is 16.8 Å². The summed E-state index contributed by atoms with van der Waals surface area (Å²) in [6.07, 6.45) is 1.65. The van der Waals surface area contributed by atoms with Crippen molar-refractivity contribution in [3.8, 4) is 5.69 Å². The maximum atomic E-state index is 13.2. The van der Waals surface area contributed by atoms with Gasteiger partial charge in [0.2, 0.25) is 0 Å². The number of carbonyl (C=O) groups is 1. The Balaban J connectivity index is 1.85. The van der Waals surface area contributed by atoms with Crippen LogP contribution in [0.25, 0.3) is 16.6 Å². The summed E-state index contributed by atoms with van der Waals surface area (Å²) in [6, 6.07) is 14.9. The predicted octanol–water partition coefficient (Wildman–Crippen LogP) is 3.39. The number of Topliss-reactive ketones (excluding diaryl/α,β-unsaturated/α-hetero) is 1. The van der Waals surface area contributed by atoms with E-state index in [-0.39, 0.29) is 17.9 Å². The normalized spacial score (nSPS) is 11.1. The van der Waals surface area contributed by atoms with Crippen LogP contribution in [0.3, 0.4) is 0 Å². The first-order valence-electron chi connectivity index (χ1n) is 9.07. The molecule has 0 saturated carbocycles. The second-order valence-electron chi connectivity index (χ2n) is 6.95. The molecule has 0 amide bonds. The molecule has 0 fully saturated rings. The van der Waals surface area contributed by atoms with E-state index >= 15 is 0 Å². The number of ketones is 1. The molecule has 0 aliphatic heterocycles. The molecule has 2 aromatic heterocycles. The highest BCUT2D eigenvalue weighted by Gasteiger charge is 2.18. The van der Waals surface area contributed by atoms with Gasteiger partial charge < -0.3 is 0 Å². The van der Waals surface area contributed by atoms with Crippen molar-refractivity contribution in [2.75, 3.05) is 0 Å². The van der Waals surface area contributed by atoms with Crippen LogP contribution in [0.15, 0.2) is 59.5 Å². The maximum Gasteiger partial charge on any atom is 0.293 e. The van der Waals surface area contributed by atoms with Crippen molar-refractivity contribution in [3.05, 3.63) is 87.5 Å². The summed E-state index contributed by atoms with van der Waals surface area (Å²) in [5.41, 5.74) is 4.31. The summed E-state index contributed by atoms with van der Waals surface area (Å²) in [4.78, 5) is 25.7. The summed E-state index contributed by atoms with van der Waals surface area (Å²) >= 11 is 0. The van der Waals surface area contributed by atoms with Crippen molar-refractivity contribution in [1.82, 2.24) is 19.6 Å². The Morgan fingerprint density at radius 2 is 1.79 bits per heavy atom. The minimum Gasteiger partial charge on any atom is -0.292 e. The van der Waals surface area contributed by atoms with Crippen molar-refractivity contribution in [1.29, 1.82) is 0 Å². The Morgan fingerprint density at radius 1 is 1.04 bits per heavy atom. The average molecular weight is 372 g/mol. The molecule has 4 aromatic rings. The number of aromatic nitrogens is 4. The fourth-order valence-corrected chi connectivity index (χ4v) is 3.41. The molecule has 0 radical (unpaired) electrons. The maximum absolute atomic E-state index is 13.2. The lowest BCUT2D eigenvalue weighted by molar-refractivity contribution is 0.0966. The molecule has 2 heterocycles.